The Hall–Kier alpha value is -0.870. The standard InChI is InChI=1S/C17H29N3O/c1-4-15(18)16-12(2)19-20(13(16)3)11-14-7-10-17(21-14)8-5-6-9-17/h14-15H,4-11,18H2,1-3H3. The topological polar surface area (TPSA) is 53.1 Å². The molecule has 0 radical (unpaired) electrons. The van der Waals surface area contributed by atoms with E-state index >= 15 is 0 Å². The van der Waals surface area contributed by atoms with Gasteiger partial charge in [0, 0.05) is 17.3 Å². The van der Waals surface area contributed by atoms with Crippen LogP contribution in [-0.4, -0.2) is 21.5 Å². The summed E-state index contributed by atoms with van der Waals surface area (Å²) in [5.41, 5.74) is 9.97. The first-order valence-corrected chi connectivity index (χ1v) is 8.52. The Bertz CT molecular complexity index is 502. The average Bonchev–Trinajstić information content (AvgIpc) is 3.14. The van der Waals surface area contributed by atoms with Crippen LogP contribution in [-0.2, 0) is 11.3 Å². The molecule has 0 bridgehead atoms. The zero-order valence-electron chi connectivity index (χ0n) is 13.7. The lowest BCUT2D eigenvalue weighted by molar-refractivity contribution is -0.0431. The summed E-state index contributed by atoms with van der Waals surface area (Å²) in [7, 11) is 0. The summed E-state index contributed by atoms with van der Waals surface area (Å²) in [5, 5.41) is 4.71. The van der Waals surface area contributed by atoms with Crippen molar-refractivity contribution in [2.24, 2.45) is 5.73 Å². The molecule has 1 aliphatic heterocycles. The van der Waals surface area contributed by atoms with E-state index in [1.807, 2.05) is 0 Å². The highest BCUT2D eigenvalue weighted by molar-refractivity contribution is 5.28. The van der Waals surface area contributed by atoms with Gasteiger partial charge in [-0.3, -0.25) is 4.68 Å². The van der Waals surface area contributed by atoms with Crippen molar-refractivity contribution in [2.45, 2.75) is 90.0 Å². The predicted octanol–water partition coefficient (Wildman–Crippen LogP) is 3.40. The van der Waals surface area contributed by atoms with Crippen molar-refractivity contribution in [3.8, 4) is 0 Å². The van der Waals surface area contributed by atoms with Crippen molar-refractivity contribution in [1.82, 2.24) is 9.78 Å². The van der Waals surface area contributed by atoms with E-state index in [1.165, 1.54) is 49.8 Å². The lowest BCUT2D eigenvalue weighted by Crippen LogP contribution is -2.27. The van der Waals surface area contributed by atoms with Crippen molar-refractivity contribution in [1.29, 1.82) is 0 Å². The second-order valence-electron chi connectivity index (χ2n) is 6.95. The number of aromatic nitrogens is 2. The first kappa shape index (κ1) is 15.0. The molecule has 1 saturated carbocycles. The van der Waals surface area contributed by atoms with Crippen LogP contribution in [0.25, 0.3) is 0 Å². The van der Waals surface area contributed by atoms with Crippen LogP contribution in [0, 0.1) is 13.8 Å². The van der Waals surface area contributed by atoms with Crippen LogP contribution in [0.15, 0.2) is 0 Å². The van der Waals surface area contributed by atoms with Gasteiger partial charge in [0.25, 0.3) is 0 Å². The van der Waals surface area contributed by atoms with Gasteiger partial charge < -0.3 is 10.5 Å². The molecule has 21 heavy (non-hydrogen) atoms. The smallest absolute Gasteiger partial charge is 0.0779 e. The maximum atomic E-state index is 6.41. The number of nitrogens with zero attached hydrogens (tertiary/aromatic N) is 2. The molecular formula is C17H29N3O. The molecule has 3 rings (SSSR count). The van der Waals surface area contributed by atoms with Gasteiger partial charge in [-0.25, -0.2) is 0 Å². The van der Waals surface area contributed by atoms with Crippen molar-refractivity contribution in [3.63, 3.8) is 0 Å². The molecule has 1 aromatic heterocycles. The van der Waals surface area contributed by atoms with Gasteiger partial charge in [-0.05, 0) is 46.0 Å². The van der Waals surface area contributed by atoms with Crippen molar-refractivity contribution in [2.75, 3.05) is 0 Å². The second kappa shape index (κ2) is 5.73. The Morgan fingerprint density at radius 3 is 2.71 bits per heavy atom. The fraction of sp³-hybridized carbons (Fsp3) is 0.824. The Balaban J connectivity index is 1.71. The predicted molar refractivity (Wildman–Crippen MR) is 84.2 cm³/mol. The van der Waals surface area contributed by atoms with Crippen molar-refractivity contribution in [3.05, 3.63) is 17.0 Å². The van der Waals surface area contributed by atoms with Crippen LogP contribution in [0.5, 0.6) is 0 Å². The van der Waals surface area contributed by atoms with Crippen LogP contribution in [0.1, 0.15) is 74.9 Å². The maximum Gasteiger partial charge on any atom is 0.0779 e. The van der Waals surface area contributed by atoms with Crippen molar-refractivity contribution < 1.29 is 4.74 Å². The fourth-order valence-corrected chi connectivity index (χ4v) is 4.23. The van der Waals surface area contributed by atoms with Crippen LogP contribution >= 0.6 is 0 Å². The minimum atomic E-state index is 0.101. The summed E-state index contributed by atoms with van der Waals surface area (Å²) in [6.45, 7) is 7.23. The van der Waals surface area contributed by atoms with Gasteiger partial charge in [0.15, 0.2) is 0 Å². The van der Waals surface area contributed by atoms with Gasteiger partial charge in [-0.1, -0.05) is 19.8 Å². The third kappa shape index (κ3) is 2.76. The van der Waals surface area contributed by atoms with Gasteiger partial charge in [-0.2, -0.15) is 5.10 Å². The van der Waals surface area contributed by atoms with Crippen LogP contribution < -0.4 is 5.73 Å². The lowest BCUT2D eigenvalue weighted by Gasteiger charge is -2.24. The van der Waals surface area contributed by atoms with Crippen LogP contribution in [0.4, 0.5) is 0 Å². The zero-order valence-corrected chi connectivity index (χ0v) is 13.7. The molecule has 1 aliphatic carbocycles. The van der Waals surface area contributed by atoms with E-state index in [2.05, 4.69) is 25.5 Å². The van der Waals surface area contributed by atoms with Gasteiger partial charge >= 0.3 is 0 Å². The van der Waals surface area contributed by atoms with Gasteiger partial charge in [0.2, 0.25) is 0 Å². The van der Waals surface area contributed by atoms with Crippen LogP contribution in [0.2, 0.25) is 0 Å². The van der Waals surface area contributed by atoms with E-state index in [1.54, 1.807) is 0 Å². The molecule has 2 heterocycles. The molecule has 2 fully saturated rings. The van der Waals surface area contributed by atoms with E-state index in [4.69, 9.17) is 15.6 Å². The highest BCUT2D eigenvalue weighted by Gasteiger charge is 2.42. The minimum Gasteiger partial charge on any atom is -0.370 e. The van der Waals surface area contributed by atoms with E-state index in [0.717, 1.165) is 18.7 Å². The zero-order chi connectivity index (χ0) is 15.0. The SMILES string of the molecule is CCC(N)c1c(C)nn(CC2CCC3(CCCC3)O2)c1C. The molecule has 0 aromatic carbocycles. The Morgan fingerprint density at radius 1 is 1.33 bits per heavy atom. The molecule has 2 N–H and O–H groups in total. The average molecular weight is 291 g/mol. The van der Waals surface area contributed by atoms with Crippen LogP contribution in [0.3, 0.4) is 0 Å². The first-order chi connectivity index (χ1) is 10.0. The van der Waals surface area contributed by atoms with E-state index in [0.29, 0.717) is 6.10 Å². The Kier molecular flexibility index (Phi) is 4.10. The normalized spacial score (nSPS) is 25.8. The largest absolute Gasteiger partial charge is 0.370 e. The van der Waals surface area contributed by atoms with E-state index in [-0.39, 0.29) is 11.6 Å². The molecule has 118 valence electrons. The molecule has 2 atom stereocenters. The Morgan fingerprint density at radius 2 is 2.05 bits per heavy atom. The number of nitrogens with two attached hydrogens (primary N) is 1. The summed E-state index contributed by atoms with van der Waals surface area (Å²) in [4.78, 5) is 0. The third-order valence-electron chi connectivity index (χ3n) is 5.48. The highest BCUT2D eigenvalue weighted by atomic mass is 16.5. The summed E-state index contributed by atoms with van der Waals surface area (Å²) in [6, 6.07) is 0.101. The highest BCUT2D eigenvalue weighted by Crippen LogP contribution is 2.43. The molecule has 2 aliphatic rings. The van der Waals surface area contributed by atoms with Gasteiger partial charge in [0.05, 0.1) is 23.9 Å². The lowest BCUT2D eigenvalue weighted by atomic mass is 9.98. The first-order valence-electron chi connectivity index (χ1n) is 8.52. The van der Waals surface area contributed by atoms with Gasteiger partial charge in [-0.15, -0.1) is 0 Å². The third-order valence-corrected chi connectivity index (χ3v) is 5.48. The minimum absolute atomic E-state index is 0.101. The summed E-state index contributed by atoms with van der Waals surface area (Å²) in [6.07, 6.45) is 8.87. The maximum absolute atomic E-state index is 6.41. The molecule has 2 unspecified atom stereocenters. The summed E-state index contributed by atoms with van der Waals surface area (Å²) in [5.74, 6) is 0. The molecular weight excluding hydrogens is 262 g/mol. The molecule has 4 nitrogen and oxygen atoms in total. The second-order valence-corrected chi connectivity index (χ2v) is 6.95. The molecule has 0 amide bonds. The van der Waals surface area contributed by atoms with E-state index < -0.39 is 0 Å². The Labute approximate surface area is 128 Å². The molecule has 4 heteroatoms. The molecule has 1 aromatic rings. The quantitative estimate of drug-likeness (QED) is 0.925. The molecule has 1 saturated heterocycles. The van der Waals surface area contributed by atoms with Crippen molar-refractivity contribution >= 4 is 0 Å². The fourth-order valence-electron chi connectivity index (χ4n) is 4.23. The molecule has 1 spiro atoms. The number of aryl methyl sites for hydroxylation is 1. The van der Waals surface area contributed by atoms with E-state index in [9.17, 15) is 0 Å². The number of hydrogen-bond acceptors (Lipinski definition) is 3. The summed E-state index contributed by atoms with van der Waals surface area (Å²) < 4.78 is 8.54. The number of rotatable bonds is 4. The number of hydrogen-bond donors (Lipinski definition) is 1. The number of ether oxygens (including phenoxy) is 1. The van der Waals surface area contributed by atoms with Gasteiger partial charge in [0.1, 0.15) is 0 Å². The monoisotopic (exact) mass is 291 g/mol. The summed E-state index contributed by atoms with van der Waals surface area (Å²) >= 11 is 0.